The molecule has 1 rings (SSSR count). The van der Waals surface area contributed by atoms with Crippen LogP contribution in [0.1, 0.15) is 0 Å². The van der Waals surface area contributed by atoms with Gasteiger partial charge in [-0.2, -0.15) is 0 Å². The van der Waals surface area contributed by atoms with Crippen molar-refractivity contribution in [1.29, 1.82) is 0 Å². The first-order chi connectivity index (χ1) is 7.00. The predicted molar refractivity (Wildman–Crippen MR) is 57.6 cm³/mol. The Morgan fingerprint density at radius 1 is 1.47 bits per heavy atom. The number of primary amides is 1. The van der Waals surface area contributed by atoms with Gasteiger partial charge in [-0.25, -0.2) is 15.6 Å². The van der Waals surface area contributed by atoms with Crippen LogP contribution in [0.25, 0.3) is 0 Å². The van der Waals surface area contributed by atoms with Gasteiger partial charge in [-0.3, -0.25) is 0 Å². The third-order valence-corrected chi connectivity index (χ3v) is 2.07. The monoisotopic (exact) mass is 249 g/mol. The number of hydrazine groups is 1. The second-order valence-corrected chi connectivity index (χ2v) is 3.50. The van der Waals surface area contributed by atoms with E-state index in [4.69, 9.17) is 39.5 Å². The summed E-state index contributed by atoms with van der Waals surface area (Å²) in [6.07, 6.45) is 0. The van der Waals surface area contributed by atoms with Gasteiger partial charge in [0.15, 0.2) is 6.73 Å². The van der Waals surface area contributed by atoms with E-state index in [1.165, 1.54) is 6.07 Å². The highest BCUT2D eigenvalue weighted by Gasteiger charge is 2.06. The Bertz CT molecular complexity index is 373. The SMILES string of the molecule is NC(=O)N(N)COc1ccc(Cl)cc1Cl. The Balaban J connectivity index is 2.62. The molecule has 82 valence electrons. The molecule has 0 fully saturated rings. The molecule has 0 aliphatic carbocycles. The third-order valence-electron chi connectivity index (χ3n) is 1.54. The maximum Gasteiger partial charge on any atom is 0.331 e. The average molecular weight is 250 g/mol. The Morgan fingerprint density at radius 2 is 2.13 bits per heavy atom. The van der Waals surface area contributed by atoms with Crippen LogP contribution >= 0.6 is 23.2 Å². The average Bonchev–Trinajstić information content (AvgIpc) is 2.15. The van der Waals surface area contributed by atoms with E-state index in [2.05, 4.69) is 0 Å². The minimum absolute atomic E-state index is 0.184. The van der Waals surface area contributed by atoms with E-state index < -0.39 is 6.03 Å². The molecule has 0 radical (unpaired) electrons. The lowest BCUT2D eigenvalue weighted by Gasteiger charge is -2.15. The molecule has 0 atom stereocenters. The molecule has 1 aromatic rings. The number of hydrogen-bond donors (Lipinski definition) is 2. The molecular weight excluding hydrogens is 241 g/mol. The number of rotatable bonds is 3. The maximum atomic E-state index is 10.5. The normalized spacial score (nSPS) is 9.80. The Kier molecular flexibility index (Phi) is 4.02. The van der Waals surface area contributed by atoms with Gasteiger partial charge in [-0.05, 0) is 18.2 Å². The number of ether oxygens (including phenoxy) is 1. The first kappa shape index (κ1) is 11.9. The standard InChI is InChI=1S/C8H9Cl2N3O2/c9-5-1-2-7(6(10)3-5)15-4-13(12)8(11)14/h1-3H,4,12H2,(H2,11,14). The smallest absolute Gasteiger partial charge is 0.331 e. The molecule has 4 N–H and O–H groups in total. The van der Waals surface area contributed by atoms with Crippen molar-refractivity contribution in [3.8, 4) is 5.75 Å². The summed E-state index contributed by atoms with van der Waals surface area (Å²) in [4.78, 5) is 10.5. The van der Waals surface area contributed by atoms with Crippen LogP contribution in [0.5, 0.6) is 5.75 Å². The van der Waals surface area contributed by atoms with E-state index in [0.717, 1.165) is 0 Å². The number of amides is 2. The molecule has 15 heavy (non-hydrogen) atoms. The fourth-order valence-corrected chi connectivity index (χ4v) is 1.26. The minimum atomic E-state index is -0.792. The highest BCUT2D eigenvalue weighted by molar-refractivity contribution is 6.35. The summed E-state index contributed by atoms with van der Waals surface area (Å²) in [5.41, 5.74) is 4.89. The van der Waals surface area contributed by atoms with Crippen molar-refractivity contribution in [3.05, 3.63) is 28.2 Å². The van der Waals surface area contributed by atoms with E-state index in [1.54, 1.807) is 12.1 Å². The fourth-order valence-electron chi connectivity index (χ4n) is 0.795. The van der Waals surface area contributed by atoms with Crippen molar-refractivity contribution < 1.29 is 9.53 Å². The Hall–Kier alpha value is -1.17. The lowest BCUT2D eigenvalue weighted by atomic mass is 10.3. The molecule has 0 spiro atoms. The largest absolute Gasteiger partial charge is 0.470 e. The number of urea groups is 1. The van der Waals surface area contributed by atoms with Crippen LogP contribution in [-0.4, -0.2) is 17.8 Å². The van der Waals surface area contributed by atoms with Gasteiger partial charge in [-0.15, -0.1) is 0 Å². The van der Waals surface area contributed by atoms with Gasteiger partial charge in [0.25, 0.3) is 0 Å². The third kappa shape index (κ3) is 3.47. The molecule has 0 aromatic heterocycles. The zero-order valence-electron chi connectivity index (χ0n) is 7.61. The zero-order chi connectivity index (χ0) is 11.4. The molecule has 1 aromatic carbocycles. The van der Waals surface area contributed by atoms with Gasteiger partial charge in [0, 0.05) is 5.02 Å². The van der Waals surface area contributed by atoms with Gasteiger partial charge >= 0.3 is 6.03 Å². The van der Waals surface area contributed by atoms with E-state index >= 15 is 0 Å². The van der Waals surface area contributed by atoms with Crippen molar-refractivity contribution in [3.63, 3.8) is 0 Å². The Morgan fingerprint density at radius 3 is 2.67 bits per heavy atom. The second-order valence-electron chi connectivity index (χ2n) is 2.66. The number of hydrogen-bond acceptors (Lipinski definition) is 3. The number of benzene rings is 1. The quantitative estimate of drug-likeness (QED) is 0.370. The zero-order valence-corrected chi connectivity index (χ0v) is 9.13. The molecular formula is C8H9Cl2N3O2. The van der Waals surface area contributed by atoms with Gasteiger partial charge in [-0.1, -0.05) is 23.2 Å². The molecule has 0 bridgehead atoms. The van der Waals surface area contributed by atoms with Crippen molar-refractivity contribution >= 4 is 29.2 Å². The van der Waals surface area contributed by atoms with E-state index in [-0.39, 0.29) is 6.73 Å². The molecule has 0 unspecified atom stereocenters. The van der Waals surface area contributed by atoms with Crippen LogP contribution in [0.15, 0.2) is 18.2 Å². The number of carbonyl (C=O) groups excluding carboxylic acids is 1. The van der Waals surface area contributed by atoms with Gasteiger partial charge in [0.1, 0.15) is 5.75 Å². The lowest BCUT2D eigenvalue weighted by molar-refractivity contribution is 0.143. The van der Waals surface area contributed by atoms with Crippen LogP contribution in [0.4, 0.5) is 4.79 Å². The molecule has 0 aliphatic heterocycles. The van der Waals surface area contributed by atoms with Crippen molar-refractivity contribution in [2.24, 2.45) is 11.6 Å². The summed E-state index contributed by atoms with van der Waals surface area (Å²) in [6, 6.07) is 3.90. The van der Waals surface area contributed by atoms with E-state index in [1.807, 2.05) is 0 Å². The highest BCUT2D eigenvalue weighted by Crippen LogP contribution is 2.27. The molecule has 7 heteroatoms. The first-order valence-corrected chi connectivity index (χ1v) is 4.66. The number of halogens is 2. The van der Waals surface area contributed by atoms with Crippen LogP contribution in [0.3, 0.4) is 0 Å². The fraction of sp³-hybridized carbons (Fsp3) is 0.125. The van der Waals surface area contributed by atoms with Crippen LogP contribution in [0, 0.1) is 0 Å². The summed E-state index contributed by atoms with van der Waals surface area (Å²) in [6.45, 7) is -0.184. The van der Waals surface area contributed by atoms with Gasteiger partial charge in [0.05, 0.1) is 5.02 Å². The summed E-state index contributed by atoms with van der Waals surface area (Å²) in [7, 11) is 0. The number of nitrogens with zero attached hydrogens (tertiary/aromatic N) is 1. The predicted octanol–water partition coefficient (Wildman–Crippen LogP) is 1.58. The van der Waals surface area contributed by atoms with Gasteiger partial charge in [0.2, 0.25) is 0 Å². The molecule has 0 saturated heterocycles. The summed E-state index contributed by atoms with van der Waals surface area (Å²) in [5.74, 6) is 5.58. The first-order valence-electron chi connectivity index (χ1n) is 3.90. The van der Waals surface area contributed by atoms with Crippen molar-refractivity contribution in [2.75, 3.05) is 6.73 Å². The van der Waals surface area contributed by atoms with E-state index in [9.17, 15) is 4.79 Å². The maximum absolute atomic E-state index is 10.5. The van der Waals surface area contributed by atoms with Crippen LogP contribution < -0.4 is 16.3 Å². The second kappa shape index (κ2) is 5.06. The molecule has 2 amide bonds. The van der Waals surface area contributed by atoms with Gasteiger partial charge < -0.3 is 10.5 Å². The molecule has 0 aliphatic rings. The summed E-state index contributed by atoms with van der Waals surface area (Å²) < 4.78 is 5.12. The molecule has 0 heterocycles. The molecule has 5 nitrogen and oxygen atoms in total. The van der Waals surface area contributed by atoms with Crippen molar-refractivity contribution in [1.82, 2.24) is 5.01 Å². The molecule has 0 saturated carbocycles. The van der Waals surface area contributed by atoms with Crippen LogP contribution in [0.2, 0.25) is 10.0 Å². The summed E-state index contributed by atoms with van der Waals surface area (Å²) in [5, 5.41) is 1.54. The summed E-state index contributed by atoms with van der Waals surface area (Å²) >= 11 is 11.5. The topological polar surface area (TPSA) is 81.6 Å². The highest BCUT2D eigenvalue weighted by atomic mass is 35.5. The van der Waals surface area contributed by atoms with E-state index in [0.29, 0.717) is 20.8 Å². The number of nitrogens with two attached hydrogens (primary N) is 2. The van der Waals surface area contributed by atoms with Crippen molar-refractivity contribution in [2.45, 2.75) is 0 Å². The van der Waals surface area contributed by atoms with Crippen LogP contribution in [-0.2, 0) is 0 Å². The lowest BCUT2D eigenvalue weighted by Crippen LogP contribution is -2.43. The number of carbonyl (C=O) groups is 1. The minimum Gasteiger partial charge on any atom is -0.470 e. The Labute approximate surface area is 96.5 Å².